The molecule has 1 aliphatic rings. The molecule has 4 rings (SSSR count). The molecule has 3 aromatic heterocycles. The van der Waals surface area contributed by atoms with Gasteiger partial charge in [0, 0.05) is 32.4 Å². The average molecular weight is 372 g/mol. The van der Waals surface area contributed by atoms with Gasteiger partial charge >= 0.3 is 0 Å². The highest BCUT2D eigenvalue weighted by Crippen LogP contribution is 2.32. The van der Waals surface area contributed by atoms with Crippen molar-refractivity contribution in [1.82, 2.24) is 19.9 Å². The third kappa shape index (κ3) is 2.70. The van der Waals surface area contributed by atoms with Crippen LogP contribution in [0.15, 0.2) is 24.7 Å². The van der Waals surface area contributed by atoms with Gasteiger partial charge in [-0.3, -0.25) is 0 Å². The van der Waals surface area contributed by atoms with E-state index in [0.717, 1.165) is 35.9 Å². The van der Waals surface area contributed by atoms with E-state index in [4.69, 9.17) is 18.2 Å². The van der Waals surface area contributed by atoms with Crippen molar-refractivity contribution >= 4 is 40.0 Å². The molecular formula is C17H15ClFN7. The second-order valence-corrected chi connectivity index (χ2v) is 6.51. The van der Waals surface area contributed by atoms with Crippen LogP contribution in [0.2, 0.25) is 5.15 Å². The predicted molar refractivity (Wildman–Crippen MR) is 98.4 cm³/mol. The fourth-order valence-corrected chi connectivity index (χ4v) is 3.48. The van der Waals surface area contributed by atoms with Gasteiger partial charge in [-0.1, -0.05) is 11.6 Å². The Morgan fingerprint density at radius 2 is 2.31 bits per heavy atom. The maximum Gasteiger partial charge on any atom is 0.226 e. The number of likely N-dealkylation sites (N-methyl/N-ethyl adjacent to an activating group) is 1. The lowest BCUT2D eigenvalue weighted by Gasteiger charge is -2.26. The number of anilines is 2. The molecule has 0 amide bonds. The lowest BCUT2D eigenvalue weighted by Crippen LogP contribution is -2.36. The lowest BCUT2D eigenvalue weighted by molar-refractivity contribution is 0.597. The second kappa shape index (κ2) is 6.42. The van der Waals surface area contributed by atoms with Crippen molar-refractivity contribution in [3.63, 3.8) is 0 Å². The molecule has 132 valence electrons. The molecule has 1 saturated heterocycles. The Hall–Kier alpha value is -2.92. The van der Waals surface area contributed by atoms with Crippen molar-refractivity contribution in [3.8, 4) is 0 Å². The van der Waals surface area contributed by atoms with Gasteiger partial charge in [0.2, 0.25) is 5.69 Å². The van der Waals surface area contributed by atoms with Crippen LogP contribution < -0.4 is 9.80 Å². The van der Waals surface area contributed by atoms with Gasteiger partial charge in [0.05, 0.1) is 12.0 Å². The van der Waals surface area contributed by atoms with E-state index in [1.165, 1.54) is 6.33 Å². The molecule has 0 aliphatic carbocycles. The van der Waals surface area contributed by atoms with Crippen LogP contribution >= 0.6 is 11.6 Å². The Balaban J connectivity index is 1.58. The first-order chi connectivity index (χ1) is 12.6. The Bertz CT molecular complexity index is 1010. The van der Waals surface area contributed by atoms with Crippen molar-refractivity contribution < 1.29 is 4.39 Å². The third-order valence-electron chi connectivity index (χ3n) is 4.69. The summed E-state index contributed by atoms with van der Waals surface area (Å²) in [5.41, 5.74) is 0.811. The number of nitrogens with zero attached hydrogens (tertiary/aromatic N) is 6. The number of H-pyrrole nitrogens is 1. The molecule has 3 aromatic rings. The quantitative estimate of drug-likeness (QED) is 0.564. The zero-order valence-electron chi connectivity index (χ0n) is 13.9. The molecule has 7 nitrogen and oxygen atoms in total. The number of hydrogen-bond donors (Lipinski definition) is 1. The van der Waals surface area contributed by atoms with Crippen LogP contribution in [-0.4, -0.2) is 46.1 Å². The molecule has 0 radical (unpaired) electrons. The summed E-state index contributed by atoms with van der Waals surface area (Å²) in [6, 6.07) is 3.14. The van der Waals surface area contributed by atoms with Gasteiger partial charge in [-0.2, -0.15) is 0 Å². The number of aromatic nitrogens is 4. The van der Waals surface area contributed by atoms with Crippen LogP contribution in [0, 0.1) is 12.4 Å². The first-order valence-electron chi connectivity index (χ1n) is 8.08. The number of nitrogens with one attached hydrogen (secondary N) is 1. The van der Waals surface area contributed by atoms with Crippen LogP contribution in [0.1, 0.15) is 6.42 Å². The summed E-state index contributed by atoms with van der Waals surface area (Å²) in [7, 11) is 1.79. The number of hydrogen-bond acceptors (Lipinski definition) is 5. The van der Waals surface area contributed by atoms with E-state index in [1.54, 1.807) is 11.9 Å². The molecule has 0 spiro atoms. The average Bonchev–Trinajstić information content (AvgIpc) is 3.31. The molecule has 1 N–H and O–H groups in total. The van der Waals surface area contributed by atoms with Gasteiger partial charge < -0.3 is 14.8 Å². The lowest BCUT2D eigenvalue weighted by atomic mass is 10.2. The Morgan fingerprint density at radius 3 is 3.12 bits per heavy atom. The summed E-state index contributed by atoms with van der Waals surface area (Å²) in [5, 5.41) is 0.979. The molecule has 0 saturated carbocycles. The highest BCUT2D eigenvalue weighted by atomic mass is 35.5. The van der Waals surface area contributed by atoms with Crippen LogP contribution in [0.25, 0.3) is 15.9 Å². The Labute approximate surface area is 154 Å². The summed E-state index contributed by atoms with van der Waals surface area (Å²) >= 11 is 5.98. The summed E-state index contributed by atoms with van der Waals surface area (Å²) in [4.78, 5) is 22.9. The topological polar surface area (TPSA) is 65.3 Å². The maximum atomic E-state index is 14.4. The minimum atomic E-state index is -0.545. The number of aromatic amines is 1. The minimum Gasteiger partial charge on any atom is -0.354 e. The molecule has 1 fully saturated rings. The van der Waals surface area contributed by atoms with Crippen LogP contribution in [0.4, 0.5) is 21.7 Å². The summed E-state index contributed by atoms with van der Waals surface area (Å²) < 4.78 is 14.4. The molecule has 0 bridgehead atoms. The predicted octanol–water partition coefficient (Wildman–Crippen LogP) is 3.41. The van der Waals surface area contributed by atoms with Gasteiger partial charge in [0.1, 0.15) is 22.9 Å². The van der Waals surface area contributed by atoms with Gasteiger partial charge in [0.25, 0.3) is 0 Å². The smallest absolute Gasteiger partial charge is 0.226 e. The third-order valence-corrected chi connectivity index (χ3v) is 4.97. The van der Waals surface area contributed by atoms with E-state index >= 15 is 0 Å². The first-order valence-corrected chi connectivity index (χ1v) is 8.45. The highest BCUT2D eigenvalue weighted by Gasteiger charge is 2.30. The molecule has 0 aromatic carbocycles. The fraction of sp³-hybridized carbons (Fsp3) is 0.294. The first kappa shape index (κ1) is 16.5. The highest BCUT2D eigenvalue weighted by molar-refractivity contribution is 6.32. The fourth-order valence-electron chi connectivity index (χ4n) is 3.31. The van der Waals surface area contributed by atoms with Crippen molar-refractivity contribution in [3.05, 3.63) is 47.0 Å². The molecule has 0 unspecified atom stereocenters. The van der Waals surface area contributed by atoms with E-state index in [-0.39, 0.29) is 22.7 Å². The number of fused-ring (bicyclic) bond motifs is 1. The van der Waals surface area contributed by atoms with E-state index in [9.17, 15) is 4.39 Å². The van der Waals surface area contributed by atoms with Crippen molar-refractivity contribution in [2.75, 3.05) is 29.9 Å². The normalized spacial score (nSPS) is 16.8. The molecular weight excluding hydrogens is 357 g/mol. The van der Waals surface area contributed by atoms with Gasteiger partial charge in [0.15, 0.2) is 11.6 Å². The van der Waals surface area contributed by atoms with Gasteiger partial charge in [-0.25, -0.2) is 24.2 Å². The number of halogens is 2. The minimum absolute atomic E-state index is 0.0166. The van der Waals surface area contributed by atoms with E-state index in [1.807, 2.05) is 12.3 Å². The van der Waals surface area contributed by atoms with Crippen molar-refractivity contribution in [2.45, 2.75) is 12.5 Å². The molecule has 4 heterocycles. The summed E-state index contributed by atoms with van der Waals surface area (Å²) in [6.45, 7) is 8.47. The Morgan fingerprint density at radius 1 is 1.46 bits per heavy atom. The monoisotopic (exact) mass is 371 g/mol. The van der Waals surface area contributed by atoms with Crippen LogP contribution in [0.5, 0.6) is 0 Å². The molecule has 26 heavy (non-hydrogen) atoms. The summed E-state index contributed by atoms with van der Waals surface area (Å²) in [6.07, 6.45) is 4.20. The largest absolute Gasteiger partial charge is 0.354 e. The maximum absolute atomic E-state index is 14.4. The zero-order chi connectivity index (χ0) is 18.3. The second-order valence-electron chi connectivity index (χ2n) is 6.15. The van der Waals surface area contributed by atoms with Crippen LogP contribution in [0.3, 0.4) is 0 Å². The standard InChI is InChI=1S/C17H15ClFN7/c1-20-13-7-12(19)17(24-14(13)18)25(2)10-4-6-26(8-10)16-11-3-5-21-15(11)22-9-23-16/h3,5,7,9-10H,4,6,8H2,2H3,(H,21,22,23)/t10-/m1/s1. The van der Waals surface area contributed by atoms with Crippen molar-refractivity contribution in [2.24, 2.45) is 0 Å². The zero-order valence-corrected chi connectivity index (χ0v) is 14.7. The van der Waals surface area contributed by atoms with Crippen LogP contribution in [-0.2, 0) is 0 Å². The Kier molecular flexibility index (Phi) is 4.09. The van der Waals surface area contributed by atoms with E-state index in [2.05, 4.69) is 29.7 Å². The van der Waals surface area contributed by atoms with E-state index < -0.39 is 5.82 Å². The molecule has 1 atom stereocenters. The molecule has 1 aliphatic heterocycles. The SMILES string of the molecule is [C-]#[N+]c1cc(F)c(N(C)[C@@H]2CCN(c3ncnc4[nH]ccc34)C2)nc1Cl. The van der Waals surface area contributed by atoms with E-state index in [0.29, 0.717) is 6.54 Å². The van der Waals surface area contributed by atoms with Gasteiger partial charge in [-0.05, 0) is 18.6 Å². The number of pyridine rings is 1. The summed E-state index contributed by atoms with van der Waals surface area (Å²) in [5.74, 6) is 0.474. The number of rotatable bonds is 3. The van der Waals surface area contributed by atoms with Crippen molar-refractivity contribution in [1.29, 1.82) is 0 Å². The molecule has 9 heteroatoms. The van der Waals surface area contributed by atoms with Gasteiger partial charge in [-0.15, -0.1) is 0 Å².